The van der Waals surface area contributed by atoms with Crippen molar-refractivity contribution in [2.75, 3.05) is 4.90 Å². The number of anilines is 1. The Hall–Kier alpha value is -0.129. The van der Waals surface area contributed by atoms with Crippen LogP contribution >= 0.6 is 22.6 Å². The van der Waals surface area contributed by atoms with Crippen LogP contribution in [0.3, 0.4) is 0 Å². The van der Waals surface area contributed by atoms with Crippen molar-refractivity contribution >= 4 is 58.6 Å². The zero-order valence-corrected chi connectivity index (χ0v) is 48.9. The second-order valence-corrected chi connectivity index (χ2v) is 20.0. The van der Waals surface area contributed by atoms with Gasteiger partial charge in [0.2, 0.25) is 5.36 Å². The molecule has 0 fully saturated rings. The van der Waals surface area contributed by atoms with Gasteiger partial charge in [-0.05, 0) is 189 Å². The van der Waals surface area contributed by atoms with E-state index in [2.05, 4.69) is 231 Å². The molecule has 0 N–H and O–H groups in total. The van der Waals surface area contributed by atoms with Crippen LogP contribution in [0.15, 0.2) is 22.8 Å². The van der Waals surface area contributed by atoms with E-state index in [0.29, 0.717) is 72.5 Å². The van der Waals surface area contributed by atoms with Crippen LogP contribution in [0, 0.1) is 16.4 Å². The van der Waals surface area contributed by atoms with Crippen molar-refractivity contribution in [1.82, 2.24) is 24.2 Å². The maximum Gasteiger partial charge on any atom is 2.00 e. The van der Waals surface area contributed by atoms with E-state index >= 15 is 0 Å². The summed E-state index contributed by atoms with van der Waals surface area (Å²) in [7, 11) is -6.00. The van der Waals surface area contributed by atoms with Gasteiger partial charge >= 0.3 is 30.3 Å². The first kappa shape index (κ1) is 73.4. The molecule has 1 aromatic rings. The Balaban J connectivity index is -0.000000173. The molecule has 368 valence electrons. The molecule has 0 spiro atoms. The van der Waals surface area contributed by atoms with E-state index in [0.717, 1.165) is 0 Å². The minimum atomic E-state index is -6.00. The summed E-state index contributed by atoms with van der Waals surface area (Å²) in [5, 5.41) is 1.48. The zero-order chi connectivity index (χ0) is 45.3. The van der Waals surface area contributed by atoms with E-state index in [1.54, 1.807) is 0 Å². The van der Waals surface area contributed by atoms with Crippen molar-refractivity contribution in [2.24, 2.45) is 0 Å². The van der Waals surface area contributed by atoms with Crippen LogP contribution in [0.1, 0.15) is 181 Å². The maximum absolute atomic E-state index is 9.75. The monoisotopic (exact) mass is 1140 g/mol. The third-order valence-corrected chi connectivity index (χ3v) is 10.8. The van der Waals surface area contributed by atoms with Gasteiger partial charge in [0, 0.05) is 60.4 Å². The smallest absolute Gasteiger partial charge is 1.00 e. The number of halogens is 7. The molecule has 3 rings (SSSR count). The van der Waals surface area contributed by atoms with Crippen LogP contribution in [0.2, 0.25) is 0 Å². The minimum Gasteiger partial charge on any atom is -1.00 e. The fourth-order valence-corrected chi connectivity index (χ4v) is 9.40. The number of rotatable bonds is 17. The van der Waals surface area contributed by atoms with Gasteiger partial charge in [-0.3, -0.25) is 0 Å². The van der Waals surface area contributed by atoms with E-state index < -0.39 is 7.25 Å². The molecule has 2 aliphatic rings. The molecule has 0 atom stereocenters. The molecule has 1 aromatic carbocycles. The Morgan fingerprint density at radius 2 is 0.565 bits per heavy atom. The molecule has 0 bridgehead atoms. The topological polar surface area (TPSA) is 19.2 Å². The van der Waals surface area contributed by atoms with Gasteiger partial charge in [0.15, 0.2) is 0 Å². The van der Waals surface area contributed by atoms with Gasteiger partial charge in [-0.2, -0.15) is 22.8 Å². The van der Waals surface area contributed by atoms with Crippen LogP contribution in [0.25, 0.3) is 0 Å². The largest absolute Gasteiger partial charge is 2.00 e. The van der Waals surface area contributed by atoms with Crippen LogP contribution in [-0.4, -0.2) is 122 Å². The summed E-state index contributed by atoms with van der Waals surface area (Å²) in [6.45, 7) is 54.6. The Kier molecular flexibility index (Phi) is 37.6. The second-order valence-electron chi connectivity index (χ2n) is 18.9. The summed E-state index contributed by atoms with van der Waals surface area (Å²) >= 11 is 2.50. The zero-order valence-electron chi connectivity index (χ0n) is 42.2. The summed E-state index contributed by atoms with van der Waals surface area (Å²) in [5.74, 6) is 0. The Bertz CT molecular complexity index is 1280. The molecule has 0 radical (unpaired) electrons. The van der Waals surface area contributed by atoms with Gasteiger partial charge in [0.1, 0.15) is 21.3 Å². The van der Waals surface area contributed by atoms with Crippen molar-refractivity contribution in [2.45, 2.75) is 254 Å². The third kappa shape index (κ3) is 23.5. The first-order valence-corrected chi connectivity index (χ1v) is 22.8. The van der Waals surface area contributed by atoms with Gasteiger partial charge in [0.05, 0.1) is 0 Å². The van der Waals surface area contributed by atoms with Crippen molar-refractivity contribution in [3.63, 3.8) is 0 Å². The van der Waals surface area contributed by atoms with Crippen LogP contribution in [-0.2, 0) is 0 Å². The Labute approximate surface area is 433 Å². The average Bonchev–Trinajstić information content (AvgIpc) is 3.93. The quantitative estimate of drug-likeness (QED) is 0.0556. The fraction of sp³-hybridized carbons (Fsp3) is 0.809. The predicted octanol–water partition coefficient (Wildman–Crippen LogP) is 6.89. The molecule has 15 heteroatoms. The fourth-order valence-electron chi connectivity index (χ4n) is 8.47. The van der Waals surface area contributed by atoms with E-state index in [-0.39, 0.29) is 71.9 Å². The molecule has 0 amide bonds. The summed E-state index contributed by atoms with van der Waals surface area (Å²) in [4.78, 5) is 12.6. The standard InChI is InChI=1S/C15H28IN2.2C15H29N2.2CH4.BF4.2BrH.Mg/c1-9(2)17(10(3)4)14-13(16)15(14)18(11(5)6)12(7)8;2*1-10(2)16(11(3)4)14-9-15(14)17(12(5)6)13(7)8;;;2-1(3,4)5;;;/h9-12H,1-8H3;2*9-13H,1-8H3;2*1H4;;2*1H;/q+1;2*-1;;;-1;;;+2/p-2. The van der Waals surface area contributed by atoms with E-state index in [4.69, 9.17) is 0 Å². The minimum absolute atomic E-state index is 0. The summed E-state index contributed by atoms with van der Waals surface area (Å²) in [5.41, 5.74) is 7.24. The molecule has 0 aromatic heterocycles. The second kappa shape index (κ2) is 31.8. The number of nitrogens with zero attached hydrogens (tertiary/aromatic N) is 6. The summed E-state index contributed by atoms with van der Waals surface area (Å²) in [6, 6.07) is 6.79. The van der Waals surface area contributed by atoms with Gasteiger partial charge < -0.3 is 75.7 Å². The van der Waals surface area contributed by atoms with Crippen molar-refractivity contribution in [3.8, 4) is 0 Å². The normalized spacial score (nSPS) is 12.9. The molecular weight excluding hydrogens is 1050 g/mol. The first-order valence-electron chi connectivity index (χ1n) is 21.8. The van der Waals surface area contributed by atoms with Crippen LogP contribution in [0.5, 0.6) is 0 Å². The molecule has 0 saturated carbocycles. The van der Waals surface area contributed by atoms with Crippen molar-refractivity contribution in [3.05, 3.63) is 44.6 Å². The van der Waals surface area contributed by atoms with E-state index in [1.165, 1.54) is 37.4 Å². The Morgan fingerprint density at radius 1 is 0.403 bits per heavy atom. The number of hydrogen-bond donors (Lipinski definition) is 0. The maximum atomic E-state index is 9.75. The van der Waals surface area contributed by atoms with Gasteiger partial charge in [-0.15, -0.1) is 0 Å². The average molecular weight is 1140 g/mol. The third-order valence-electron chi connectivity index (χ3n) is 9.79. The van der Waals surface area contributed by atoms with Gasteiger partial charge in [-0.25, -0.2) is 17.4 Å². The molecule has 0 saturated heterocycles. The van der Waals surface area contributed by atoms with Crippen molar-refractivity contribution in [1.29, 1.82) is 0 Å². The number of hydrogen-bond acceptors (Lipinski definition) is 5. The molecule has 0 aliphatic heterocycles. The van der Waals surface area contributed by atoms with Crippen LogP contribution in [0.4, 0.5) is 23.0 Å². The predicted molar refractivity (Wildman–Crippen MR) is 270 cm³/mol. The number of allylic oxidation sites excluding steroid dienone is 4. The molecule has 0 heterocycles. The molecule has 2 aliphatic carbocycles. The summed E-state index contributed by atoms with van der Waals surface area (Å²) < 4.78 is 43.0. The van der Waals surface area contributed by atoms with E-state index in [9.17, 15) is 17.3 Å². The Morgan fingerprint density at radius 3 is 0.694 bits per heavy atom. The van der Waals surface area contributed by atoms with E-state index in [1.807, 2.05) is 0 Å². The molecule has 0 unspecified atom stereocenters. The molecule has 62 heavy (non-hydrogen) atoms. The molecular formula is C47H94BBr2F4IMgN6-2. The first-order chi connectivity index (χ1) is 25.7. The van der Waals surface area contributed by atoms with Crippen LogP contribution < -0.4 is 48.8 Å². The molecule has 6 nitrogen and oxygen atoms in total. The van der Waals surface area contributed by atoms with Gasteiger partial charge in [-0.1, -0.05) is 14.9 Å². The SMILES string of the molecule is C.C.CC(C)N(C1=C(N(C(C)C)C(C)C)[CH-]1)C(C)C.CC(C)N(C1=C(N(C(C)C)C(C)C)[CH-]1)C(C)C.CC(C)N(c1c(I)c1=[N+](C(C)C)C(C)C)C(C)C.F[B-](F)(F)F.[Br-].[Br-].[Mg+2]. The summed E-state index contributed by atoms with van der Waals surface area (Å²) in [6.07, 6.45) is 4.67. The van der Waals surface area contributed by atoms with Crippen molar-refractivity contribution < 1.29 is 51.2 Å². The van der Waals surface area contributed by atoms with Gasteiger partial charge in [0.25, 0.3) is 0 Å².